The molecule has 1 aliphatic rings. The van der Waals surface area contributed by atoms with Crippen LogP contribution in [0.15, 0.2) is 0 Å². The minimum atomic E-state index is 0.476. The van der Waals surface area contributed by atoms with E-state index in [-0.39, 0.29) is 0 Å². The molecule has 0 bridgehead atoms. The molecule has 0 saturated heterocycles. The molecular formula is C15H27N3O. The van der Waals surface area contributed by atoms with E-state index < -0.39 is 0 Å². The van der Waals surface area contributed by atoms with Gasteiger partial charge < -0.3 is 10.1 Å². The maximum Gasteiger partial charge on any atom is 0.216 e. The van der Waals surface area contributed by atoms with Gasteiger partial charge in [0.1, 0.15) is 0 Å². The lowest BCUT2D eigenvalue weighted by molar-refractivity contribution is 0.197. The summed E-state index contributed by atoms with van der Waals surface area (Å²) >= 11 is 0. The molecule has 1 unspecified atom stereocenters. The first-order chi connectivity index (χ1) is 8.93. The Morgan fingerprint density at radius 3 is 2.84 bits per heavy atom. The topological polar surface area (TPSA) is 39.1 Å². The van der Waals surface area contributed by atoms with Crippen LogP contribution in [0.25, 0.3) is 0 Å². The largest absolute Gasteiger partial charge is 0.481 e. The van der Waals surface area contributed by atoms with Crippen molar-refractivity contribution in [2.75, 3.05) is 7.11 Å². The molecule has 1 atom stereocenters. The predicted molar refractivity (Wildman–Crippen MR) is 77.4 cm³/mol. The summed E-state index contributed by atoms with van der Waals surface area (Å²) in [6.07, 6.45) is 5.22. The highest BCUT2D eigenvalue weighted by atomic mass is 16.5. The third-order valence-corrected chi connectivity index (χ3v) is 4.25. The van der Waals surface area contributed by atoms with Gasteiger partial charge in [0.15, 0.2) is 0 Å². The average molecular weight is 265 g/mol. The molecule has 1 aliphatic carbocycles. The highest BCUT2D eigenvalue weighted by Gasteiger charge is 2.28. The van der Waals surface area contributed by atoms with Crippen LogP contribution in [0.3, 0.4) is 0 Å². The Kier molecular flexibility index (Phi) is 4.19. The van der Waals surface area contributed by atoms with Gasteiger partial charge in [0, 0.05) is 19.6 Å². The molecule has 19 heavy (non-hydrogen) atoms. The molecule has 1 N–H and O–H groups in total. The van der Waals surface area contributed by atoms with E-state index >= 15 is 0 Å². The molecule has 0 aliphatic heterocycles. The summed E-state index contributed by atoms with van der Waals surface area (Å²) in [7, 11) is 3.64. The van der Waals surface area contributed by atoms with Crippen molar-refractivity contribution in [3.05, 3.63) is 11.3 Å². The molecule has 1 aromatic heterocycles. The molecule has 2 rings (SSSR count). The van der Waals surface area contributed by atoms with Crippen LogP contribution in [-0.4, -0.2) is 22.9 Å². The molecule has 1 aromatic rings. The van der Waals surface area contributed by atoms with Crippen molar-refractivity contribution in [1.29, 1.82) is 0 Å². The fraction of sp³-hybridized carbons (Fsp3) is 0.800. The van der Waals surface area contributed by atoms with Crippen molar-refractivity contribution in [2.45, 2.75) is 59.0 Å². The molecular weight excluding hydrogens is 238 g/mol. The van der Waals surface area contributed by atoms with Gasteiger partial charge in [0.25, 0.3) is 0 Å². The fourth-order valence-electron chi connectivity index (χ4n) is 3.26. The van der Waals surface area contributed by atoms with E-state index in [4.69, 9.17) is 4.74 Å². The van der Waals surface area contributed by atoms with Crippen LogP contribution in [-0.2, 0) is 13.6 Å². The van der Waals surface area contributed by atoms with Gasteiger partial charge in [0.05, 0.1) is 18.4 Å². The van der Waals surface area contributed by atoms with Crippen LogP contribution in [0.2, 0.25) is 0 Å². The second-order valence-corrected chi connectivity index (χ2v) is 6.54. The van der Waals surface area contributed by atoms with E-state index in [0.29, 0.717) is 11.5 Å². The van der Waals surface area contributed by atoms with Crippen molar-refractivity contribution >= 4 is 0 Å². The van der Waals surface area contributed by atoms with Gasteiger partial charge in [-0.2, -0.15) is 5.10 Å². The summed E-state index contributed by atoms with van der Waals surface area (Å²) in [6.45, 7) is 7.64. The van der Waals surface area contributed by atoms with Gasteiger partial charge in [-0.1, -0.05) is 20.3 Å². The zero-order valence-electron chi connectivity index (χ0n) is 12.9. The summed E-state index contributed by atoms with van der Waals surface area (Å²) in [5.74, 6) is 0.875. The van der Waals surface area contributed by atoms with E-state index in [2.05, 4.69) is 24.3 Å². The first-order valence-electron chi connectivity index (χ1n) is 7.23. The van der Waals surface area contributed by atoms with E-state index in [1.807, 2.05) is 18.7 Å². The lowest BCUT2D eigenvalue weighted by Crippen LogP contribution is -2.37. The molecule has 0 radical (unpaired) electrons. The summed E-state index contributed by atoms with van der Waals surface area (Å²) in [5, 5.41) is 8.11. The lowest BCUT2D eigenvalue weighted by atomic mass is 9.75. The van der Waals surface area contributed by atoms with Crippen molar-refractivity contribution in [2.24, 2.45) is 12.5 Å². The quantitative estimate of drug-likeness (QED) is 0.910. The van der Waals surface area contributed by atoms with Crippen LogP contribution in [0.1, 0.15) is 50.8 Å². The van der Waals surface area contributed by atoms with Crippen molar-refractivity contribution in [3.8, 4) is 5.88 Å². The van der Waals surface area contributed by atoms with Gasteiger partial charge in [-0.15, -0.1) is 0 Å². The smallest absolute Gasteiger partial charge is 0.216 e. The zero-order chi connectivity index (χ0) is 14.0. The van der Waals surface area contributed by atoms with E-state index in [0.717, 1.165) is 18.1 Å². The molecule has 0 aromatic carbocycles. The minimum absolute atomic E-state index is 0.476. The molecule has 4 heteroatoms. The number of nitrogens with zero attached hydrogens (tertiary/aromatic N) is 2. The Balaban J connectivity index is 1.99. The van der Waals surface area contributed by atoms with E-state index in [1.165, 1.54) is 31.2 Å². The summed E-state index contributed by atoms with van der Waals surface area (Å²) in [6, 6.07) is 0.619. The van der Waals surface area contributed by atoms with E-state index in [9.17, 15) is 0 Å². The Morgan fingerprint density at radius 2 is 2.21 bits per heavy atom. The van der Waals surface area contributed by atoms with Gasteiger partial charge >= 0.3 is 0 Å². The number of hydrogen-bond donors (Lipinski definition) is 1. The number of aromatic nitrogens is 2. The third-order valence-electron chi connectivity index (χ3n) is 4.25. The van der Waals surface area contributed by atoms with Crippen molar-refractivity contribution in [3.63, 3.8) is 0 Å². The van der Waals surface area contributed by atoms with Gasteiger partial charge in [-0.25, -0.2) is 4.68 Å². The maximum absolute atomic E-state index is 5.44. The fourth-order valence-corrected chi connectivity index (χ4v) is 3.26. The van der Waals surface area contributed by atoms with Gasteiger partial charge in [-0.05, 0) is 31.6 Å². The molecule has 108 valence electrons. The van der Waals surface area contributed by atoms with Crippen LogP contribution >= 0.6 is 0 Å². The van der Waals surface area contributed by atoms with Gasteiger partial charge in [0.2, 0.25) is 5.88 Å². The average Bonchev–Trinajstić information content (AvgIpc) is 2.59. The van der Waals surface area contributed by atoms with Crippen LogP contribution < -0.4 is 10.1 Å². The molecule has 1 heterocycles. The number of ether oxygens (including phenoxy) is 1. The Morgan fingerprint density at radius 1 is 1.47 bits per heavy atom. The highest BCUT2D eigenvalue weighted by molar-refractivity contribution is 5.30. The van der Waals surface area contributed by atoms with Crippen molar-refractivity contribution in [1.82, 2.24) is 15.1 Å². The summed E-state index contributed by atoms with van der Waals surface area (Å²) < 4.78 is 7.25. The standard InChI is InChI=1S/C15H27N3O/c1-11-13(14(19-5)18(4)17-11)10-16-12-7-6-8-15(2,3)9-12/h12,16H,6-10H2,1-5H3. The first-order valence-corrected chi connectivity index (χ1v) is 7.23. The SMILES string of the molecule is COc1c(CNC2CCCC(C)(C)C2)c(C)nn1C. The summed E-state index contributed by atoms with van der Waals surface area (Å²) in [5.41, 5.74) is 2.72. The number of nitrogens with one attached hydrogen (secondary N) is 1. The molecule has 0 spiro atoms. The normalized spacial score (nSPS) is 22.5. The van der Waals surface area contributed by atoms with Crippen LogP contribution in [0.4, 0.5) is 0 Å². The molecule has 1 fully saturated rings. The lowest BCUT2D eigenvalue weighted by Gasteiger charge is -2.35. The molecule has 4 nitrogen and oxygen atoms in total. The van der Waals surface area contributed by atoms with E-state index in [1.54, 1.807) is 7.11 Å². The van der Waals surface area contributed by atoms with Crippen molar-refractivity contribution < 1.29 is 4.74 Å². The monoisotopic (exact) mass is 265 g/mol. The number of aryl methyl sites for hydroxylation is 2. The maximum atomic E-state index is 5.44. The number of methoxy groups -OCH3 is 1. The minimum Gasteiger partial charge on any atom is -0.481 e. The Hall–Kier alpha value is -1.03. The second kappa shape index (κ2) is 5.53. The molecule has 0 amide bonds. The van der Waals surface area contributed by atoms with Crippen LogP contribution in [0.5, 0.6) is 5.88 Å². The Bertz CT molecular complexity index is 437. The zero-order valence-corrected chi connectivity index (χ0v) is 12.9. The third kappa shape index (κ3) is 3.30. The predicted octanol–water partition coefficient (Wildman–Crippen LogP) is 2.80. The number of hydrogen-bond acceptors (Lipinski definition) is 3. The van der Waals surface area contributed by atoms with Gasteiger partial charge in [-0.3, -0.25) is 0 Å². The first kappa shape index (κ1) is 14.4. The summed E-state index contributed by atoms with van der Waals surface area (Å²) in [4.78, 5) is 0. The highest BCUT2D eigenvalue weighted by Crippen LogP contribution is 2.35. The Labute approximate surface area is 116 Å². The van der Waals surface area contributed by atoms with Crippen LogP contribution in [0, 0.1) is 12.3 Å². The molecule has 1 saturated carbocycles. The second-order valence-electron chi connectivity index (χ2n) is 6.54. The number of rotatable bonds is 4.